The Kier molecular flexibility index (Phi) is 5.70. The minimum absolute atomic E-state index is 0.0738. The molecule has 0 atom stereocenters. The summed E-state index contributed by atoms with van der Waals surface area (Å²) in [7, 11) is 0. The second-order valence-electron chi connectivity index (χ2n) is 8.77. The molecule has 30 heavy (non-hydrogen) atoms. The van der Waals surface area contributed by atoms with Gasteiger partial charge in [0, 0.05) is 28.8 Å². The van der Waals surface area contributed by atoms with E-state index in [2.05, 4.69) is 62.9 Å². The molecular weight excluding hydrogens is 388 g/mol. The molecule has 0 saturated carbocycles. The van der Waals surface area contributed by atoms with Crippen LogP contribution in [0.3, 0.4) is 0 Å². The van der Waals surface area contributed by atoms with E-state index < -0.39 is 0 Å². The zero-order chi connectivity index (χ0) is 21.3. The normalized spacial score (nSPS) is 14.1. The first kappa shape index (κ1) is 20.7. The molecule has 3 aromatic rings. The van der Waals surface area contributed by atoms with Gasteiger partial charge in [0.2, 0.25) is 0 Å². The molecule has 0 aliphatic heterocycles. The summed E-state index contributed by atoms with van der Waals surface area (Å²) in [6.45, 7) is 10.8. The molecule has 0 N–H and O–H groups in total. The summed E-state index contributed by atoms with van der Waals surface area (Å²) in [6, 6.07) is 18.8. The summed E-state index contributed by atoms with van der Waals surface area (Å²) >= 11 is 1.66. The van der Waals surface area contributed by atoms with Crippen LogP contribution in [0.1, 0.15) is 37.5 Å². The van der Waals surface area contributed by atoms with Crippen LogP contribution in [-0.2, 0) is 24.8 Å². The largest absolute Gasteiger partial charge is 0.283 e. The van der Waals surface area contributed by atoms with Crippen molar-refractivity contribution in [2.75, 3.05) is 5.75 Å². The third-order valence-electron chi connectivity index (χ3n) is 5.61. The maximum absolute atomic E-state index is 13.7. The van der Waals surface area contributed by atoms with Crippen LogP contribution in [0.2, 0.25) is 0 Å². The van der Waals surface area contributed by atoms with Gasteiger partial charge in [-0.15, -0.1) is 0 Å². The highest BCUT2D eigenvalue weighted by Gasteiger charge is 2.36. The Hall–Kier alpha value is -2.59. The summed E-state index contributed by atoms with van der Waals surface area (Å²) in [5.41, 5.74) is 6.11. The minimum atomic E-state index is -0.252. The van der Waals surface area contributed by atoms with Crippen LogP contribution in [0.15, 0.2) is 76.7 Å². The van der Waals surface area contributed by atoms with Crippen molar-refractivity contribution in [2.45, 2.75) is 50.7 Å². The van der Waals surface area contributed by atoms with E-state index in [9.17, 15) is 4.79 Å². The molecule has 0 unspecified atom stereocenters. The van der Waals surface area contributed by atoms with E-state index in [0.29, 0.717) is 6.54 Å². The van der Waals surface area contributed by atoms with Gasteiger partial charge in [-0.2, -0.15) is 0 Å². The van der Waals surface area contributed by atoms with Gasteiger partial charge in [-0.3, -0.25) is 9.36 Å². The average molecular weight is 417 g/mol. The molecule has 0 saturated heterocycles. The molecule has 154 valence electrons. The van der Waals surface area contributed by atoms with Crippen molar-refractivity contribution >= 4 is 11.8 Å². The fourth-order valence-corrected chi connectivity index (χ4v) is 5.21. The van der Waals surface area contributed by atoms with Gasteiger partial charge in [0.1, 0.15) is 0 Å². The number of aromatic nitrogens is 2. The Balaban J connectivity index is 1.79. The van der Waals surface area contributed by atoms with Gasteiger partial charge in [-0.25, -0.2) is 4.98 Å². The van der Waals surface area contributed by atoms with Crippen molar-refractivity contribution < 1.29 is 0 Å². The SMILES string of the molecule is C=C(C)Cn1c(SCCc2ccccc2)nc2c(c1=O)C(C)(C)Cc1ccccc1-2. The van der Waals surface area contributed by atoms with Gasteiger partial charge in [-0.05, 0) is 30.9 Å². The Morgan fingerprint density at radius 2 is 1.83 bits per heavy atom. The van der Waals surface area contributed by atoms with Crippen molar-refractivity contribution in [3.63, 3.8) is 0 Å². The second kappa shape index (κ2) is 8.27. The van der Waals surface area contributed by atoms with Crippen LogP contribution in [0.4, 0.5) is 0 Å². The van der Waals surface area contributed by atoms with Gasteiger partial charge in [0.05, 0.1) is 5.69 Å². The Morgan fingerprint density at radius 3 is 2.57 bits per heavy atom. The predicted octanol–water partition coefficient (Wildman–Crippen LogP) is 5.65. The molecule has 0 bridgehead atoms. The lowest BCUT2D eigenvalue weighted by atomic mass is 9.72. The number of allylic oxidation sites excluding steroid dienone is 1. The fourth-order valence-electron chi connectivity index (χ4n) is 4.23. The van der Waals surface area contributed by atoms with Crippen molar-refractivity contribution in [1.29, 1.82) is 0 Å². The zero-order valence-corrected chi connectivity index (χ0v) is 18.8. The van der Waals surface area contributed by atoms with Gasteiger partial charge in [0.15, 0.2) is 5.16 Å². The lowest BCUT2D eigenvalue weighted by molar-refractivity contribution is 0.488. The maximum Gasteiger partial charge on any atom is 0.258 e. The topological polar surface area (TPSA) is 34.9 Å². The number of fused-ring (bicyclic) bond motifs is 3. The Morgan fingerprint density at radius 1 is 1.13 bits per heavy atom. The van der Waals surface area contributed by atoms with Gasteiger partial charge in [-0.1, -0.05) is 92.4 Å². The maximum atomic E-state index is 13.7. The van der Waals surface area contributed by atoms with E-state index in [-0.39, 0.29) is 11.0 Å². The lowest BCUT2D eigenvalue weighted by Crippen LogP contribution is -2.38. The first-order chi connectivity index (χ1) is 14.4. The monoisotopic (exact) mass is 416 g/mol. The number of hydrogen-bond acceptors (Lipinski definition) is 3. The van der Waals surface area contributed by atoms with E-state index in [0.717, 1.165) is 46.1 Å². The third-order valence-corrected chi connectivity index (χ3v) is 6.59. The van der Waals surface area contributed by atoms with Crippen LogP contribution in [0.5, 0.6) is 0 Å². The number of rotatable bonds is 6. The molecular formula is C26H28N2OS. The summed E-state index contributed by atoms with van der Waals surface area (Å²) in [5.74, 6) is 0.871. The van der Waals surface area contributed by atoms with Crippen molar-refractivity contribution in [1.82, 2.24) is 9.55 Å². The second-order valence-corrected chi connectivity index (χ2v) is 9.83. The number of nitrogens with zero attached hydrogens (tertiary/aromatic N) is 2. The third kappa shape index (κ3) is 4.01. The van der Waals surface area contributed by atoms with Crippen molar-refractivity contribution in [3.05, 3.63) is 93.8 Å². The smallest absolute Gasteiger partial charge is 0.258 e. The van der Waals surface area contributed by atoms with E-state index in [4.69, 9.17) is 4.98 Å². The zero-order valence-electron chi connectivity index (χ0n) is 17.9. The molecule has 1 aromatic heterocycles. The molecule has 1 heterocycles. The molecule has 3 nitrogen and oxygen atoms in total. The molecule has 0 spiro atoms. The molecule has 0 fully saturated rings. The number of aryl methyl sites for hydroxylation is 1. The van der Waals surface area contributed by atoms with Gasteiger partial charge < -0.3 is 0 Å². The van der Waals surface area contributed by atoms with Crippen LogP contribution < -0.4 is 5.56 Å². The predicted molar refractivity (Wildman–Crippen MR) is 126 cm³/mol. The van der Waals surface area contributed by atoms with Crippen molar-refractivity contribution in [3.8, 4) is 11.3 Å². The molecule has 0 amide bonds. The molecule has 4 heteroatoms. The summed E-state index contributed by atoms with van der Waals surface area (Å²) in [6.07, 6.45) is 1.79. The summed E-state index contributed by atoms with van der Waals surface area (Å²) in [4.78, 5) is 18.8. The minimum Gasteiger partial charge on any atom is -0.283 e. The first-order valence-corrected chi connectivity index (χ1v) is 11.4. The Labute approximate surface area is 182 Å². The summed E-state index contributed by atoms with van der Waals surface area (Å²) in [5, 5.41) is 0.783. The highest BCUT2D eigenvalue weighted by Crippen LogP contribution is 2.41. The van der Waals surface area contributed by atoms with E-state index in [1.165, 1.54) is 11.1 Å². The lowest BCUT2D eigenvalue weighted by Gasteiger charge is -2.33. The highest BCUT2D eigenvalue weighted by molar-refractivity contribution is 7.99. The molecule has 0 radical (unpaired) electrons. The number of thioether (sulfide) groups is 1. The van der Waals surface area contributed by atoms with E-state index in [1.807, 2.05) is 23.6 Å². The number of hydrogen-bond donors (Lipinski definition) is 0. The molecule has 4 rings (SSSR count). The van der Waals surface area contributed by atoms with E-state index in [1.54, 1.807) is 11.8 Å². The van der Waals surface area contributed by atoms with Crippen LogP contribution >= 0.6 is 11.8 Å². The van der Waals surface area contributed by atoms with Gasteiger partial charge >= 0.3 is 0 Å². The standard InChI is InChI=1S/C26H28N2OS/c1-18(2)17-28-24(29)22-23(21-13-9-8-12-20(21)16-26(22,3)4)27-25(28)30-15-14-19-10-6-5-7-11-19/h5-13H,1,14-17H2,2-4H3. The van der Waals surface area contributed by atoms with Crippen LogP contribution in [0, 0.1) is 0 Å². The van der Waals surface area contributed by atoms with Gasteiger partial charge in [0.25, 0.3) is 5.56 Å². The summed E-state index contributed by atoms with van der Waals surface area (Å²) < 4.78 is 1.83. The molecule has 1 aliphatic carbocycles. The number of benzene rings is 2. The Bertz CT molecular complexity index is 1150. The average Bonchev–Trinajstić information content (AvgIpc) is 2.70. The van der Waals surface area contributed by atoms with Crippen LogP contribution in [-0.4, -0.2) is 15.3 Å². The first-order valence-electron chi connectivity index (χ1n) is 10.4. The quantitative estimate of drug-likeness (QED) is 0.296. The molecule has 1 aliphatic rings. The van der Waals surface area contributed by atoms with Crippen molar-refractivity contribution in [2.24, 2.45) is 0 Å². The highest BCUT2D eigenvalue weighted by atomic mass is 32.2. The fraction of sp³-hybridized carbons (Fsp3) is 0.308. The molecule has 2 aromatic carbocycles. The van der Waals surface area contributed by atoms with Crippen LogP contribution in [0.25, 0.3) is 11.3 Å². The van der Waals surface area contributed by atoms with E-state index >= 15 is 0 Å².